The van der Waals surface area contributed by atoms with Gasteiger partial charge in [-0.15, -0.1) is 0 Å². The van der Waals surface area contributed by atoms with E-state index in [0.29, 0.717) is 16.8 Å². The number of phenols is 1. The van der Waals surface area contributed by atoms with Gasteiger partial charge >= 0.3 is 0 Å². The van der Waals surface area contributed by atoms with Crippen LogP contribution in [0.3, 0.4) is 0 Å². The molecule has 0 unspecified atom stereocenters. The summed E-state index contributed by atoms with van der Waals surface area (Å²) in [4.78, 5) is 23.0. The lowest BCUT2D eigenvalue weighted by Gasteiger charge is -2.08. The van der Waals surface area contributed by atoms with Crippen molar-refractivity contribution in [1.82, 2.24) is 0 Å². The molecule has 0 heterocycles. The van der Waals surface area contributed by atoms with Crippen LogP contribution in [-0.2, 0) is 0 Å². The maximum atomic E-state index is 12.0. The smallest absolute Gasteiger partial charge is 0.259 e. The predicted molar refractivity (Wildman–Crippen MR) is 75.8 cm³/mol. The molecular formula is C15H14N2O3. The molecule has 0 bridgehead atoms. The molecule has 0 aliphatic rings. The molecule has 5 heteroatoms. The maximum Gasteiger partial charge on any atom is 0.259 e. The second-order valence-electron chi connectivity index (χ2n) is 4.37. The summed E-state index contributed by atoms with van der Waals surface area (Å²) in [6, 6.07) is 11.1. The first-order valence-electron chi connectivity index (χ1n) is 5.99. The summed E-state index contributed by atoms with van der Waals surface area (Å²) >= 11 is 0. The quantitative estimate of drug-likeness (QED) is 0.797. The van der Waals surface area contributed by atoms with E-state index in [9.17, 15) is 14.7 Å². The fraction of sp³-hybridized carbons (Fsp3) is 0.0667. The lowest BCUT2D eigenvalue weighted by atomic mass is 10.1. The molecule has 2 amide bonds. The summed E-state index contributed by atoms with van der Waals surface area (Å²) in [7, 11) is 0. The predicted octanol–water partition coefficient (Wildman–Crippen LogP) is 2.05. The van der Waals surface area contributed by atoms with E-state index < -0.39 is 11.8 Å². The zero-order valence-corrected chi connectivity index (χ0v) is 10.9. The van der Waals surface area contributed by atoms with Crippen molar-refractivity contribution in [3.05, 3.63) is 59.2 Å². The molecule has 2 aromatic rings. The van der Waals surface area contributed by atoms with Gasteiger partial charge in [0.05, 0.1) is 5.56 Å². The van der Waals surface area contributed by atoms with Gasteiger partial charge in [0.2, 0.25) is 5.91 Å². The molecular weight excluding hydrogens is 256 g/mol. The van der Waals surface area contributed by atoms with E-state index in [0.717, 1.165) is 0 Å². The molecule has 2 rings (SSSR count). The molecule has 0 spiro atoms. The Kier molecular flexibility index (Phi) is 3.70. The Bertz CT molecular complexity index is 663. The standard InChI is InChI=1S/C15H14N2O3/c1-9-3-2-4-12(13(9)18)15(20)17-11-7-5-10(6-8-11)14(16)19/h2-8,18H,1H3,(H2,16,19)(H,17,20). The Morgan fingerprint density at radius 2 is 1.75 bits per heavy atom. The summed E-state index contributed by atoms with van der Waals surface area (Å²) in [5, 5.41) is 12.5. The Hall–Kier alpha value is -2.82. The minimum Gasteiger partial charge on any atom is -0.507 e. The van der Waals surface area contributed by atoms with Crippen LogP contribution in [0.2, 0.25) is 0 Å². The number of hydrogen-bond donors (Lipinski definition) is 3. The third-order valence-electron chi connectivity index (χ3n) is 2.91. The molecule has 2 aromatic carbocycles. The topological polar surface area (TPSA) is 92.4 Å². The van der Waals surface area contributed by atoms with Crippen LogP contribution in [-0.4, -0.2) is 16.9 Å². The molecule has 0 fully saturated rings. The van der Waals surface area contributed by atoms with Crippen molar-refractivity contribution in [3.63, 3.8) is 0 Å². The summed E-state index contributed by atoms with van der Waals surface area (Å²) in [5.41, 5.74) is 6.84. The highest BCUT2D eigenvalue weighted by atomic mass is 16.3. The van der Waals surface area contributed by atoms with Crippen LogP contribution >= 0.6 is 0 Å². The molecule has 0 atom stereocenters. The molecule has 0 aliphatic heterocycles. The monoisotopic (exact) mass is 270 g/mol. The minimum absolute atomic E-state index is 0.0428. The molecule has 102 valence electrons. The van der Waals surface area contributed by atoms with E-state index in [1.54, 1.807) is 31.2 Å². The maximum absolute atomic E-state index is 12.0. The van der Waals surface area contributed by atoms with Crippen LogP contribution in [0.1, 0.15) is 26.3 Å². The zero-order chi connectivity index (χ0) is 14.7. The van der Waals surface area contributed by atoms with Crippen molar-refractivity contribution in [3.8, 4) is 5.75 Å². The summed E-state index contributed by atoms with van der Waals surface area (Å²) in [6.07, 6.45) is 0. The van der Waals surface area contributed by atoms with Gasteiger partial charge in [0, 0.05) is 11.3 Å². The number of para-hydroxylation sites is 1. The SMILES string of the molecule is Cc1cccc(C(=O)Nc2ccc(C(N)=O)cc2)c1O. The van der Waals surface area contributed by atoms with Crippen molar-refractivity contribution in [2.75, 3.05) is 5.32 Å². The number of amides is 2. The van der Waals surface area contributed by atoms with Gasteiger partial charge in [0.1, 0.15) is 5.75 Å². The number of rotatable bonds is 3. The molecule has 0 saturated heterocycles. The molecule has 0 radical (unpaired) electrons. The first-order valence-corrected chi connectivity index (χ1v) is 5.99. The molecule has 0 aromatic heterocycles. The van der Waals surface area contributed by atoms with Crippen molar-refractivity contribution >= 4 is 17.5 Å². The number of benzene rings is 2. The molecule has 0 aliphatic carbocycles. The number of carbonyl (C=O) groups is 2. The summed E-state index contributed by atoms with van der Waals surface area (Å²) < 4.78 is 0. The van der Waals surface area contributed by atoms with Crippen molar-refractivity contribution in [1.29, 1.82) is 0 Å². The van der Waals surface area contributed by atoms with E-state index in [-0.39, 0.29) is 11.3 Å². The van der Waals surface area contributed by atoms with Gasteiger partial charge in [-0.2, -0.15) is 0 Å². The number of carbonyl (C=O) groups excluding carboxylic acids is 2. The summed E-state index contributed by atoms with van der Waals surface area (Å²) in [6.45, 7) is 1.72. The largest absolute Gasteiger partial charge is 0.507 e. The number of aromatic hydroxyl groups is 1. The average Bonchev–Trinajstić information content (AvgIpc) is 2.42. The number of nitrogens with two attached hydrogens (primary N) is 1. The van der Waals surface area contributed by atoms with Crippen molar-refractivity contribution < 1.29 is 14.7 Å². The molecule has 5 nitrogen and oxygen atoms in total. The highest BCUT2D eigenvalue weighted by molar-refractivity contribution is 6.06. The lowest BCUT2D eigenvalue weighted by Crippen LogP contribution is -2.13. The van der Waals surface area contributed by atoms with Crippen LogP contribution in [0.4, 0.5) is 5.69 Å². The molecule has 20 heavy (non-hydrogen) atoms. The van der Waals surface area contributed by atoms with Crippen LogP contribution in [0.15, 0.2) is 42.5 Å². The first kappa shape index (κ1) is 13.6. The second kappa shape index (κ2) is 5.44. The van der Waals surface area contributed by atoms with Gasteiger partial charge in [-0.05, 0) is 42.8 Å². The first-order chi connectivity index (χ1) is 9.49. The Morgan fingerprint density at radius 1 is 1.10 bits per heavy atom. The molecule has 4 N–H and O–H groups in total. The third-order valence-corrected chi connectivity index (χ3v) is 2.91. The van der Waals surface area contributed by atoms with Gasteiger partial charge in [-0.25, -0.2) is 0 Å². The number of anilines is 1. The Labute approximate surface area is 116 Å². The minimum atomic E-state index is -0.529. The second-order valence-corrected chi connectivity index (χ2v) is 4.37. The van der Waals surface area contributed by atoms with Gasteiger partial charge in [-0.3, -0.25) is 9.59 Å². The van der Waals surface area contributed by atoms with Crippen LogP contribution in [0.25, 0.3) is 0 Å². The normalized spacial score (nSPS) is 10.1. The average molecular weight is 270 g/mol. The Morgan fingerprint density at radius 3 is 2.35 bits per heavy atom. The van der Waals surface area contributed by atoms with E-state index in [1.165, 1.54) is 18.2 Å². The number of nitrogens with one attached hydrogen (secondary N) is 1. The fourth-order valence-corrected chi connectivity index (χ4v) is 1.76. The summed E-state index contributed by atoms with van der Waals surface area (Å²) in [5.74, 6) is -0.990. The van der Waals surface area contributed by atoms with Gasteiger partial charge in [0.15, 0.2) is 0 Å². The van der Waals surface area contributed by atoms with Gasteiger partial charge < -0.3 is 16.2 Å². The number of aryl methyl sites for hydroxylation is 1. The van der Waals surface area contributed by atoms with Crippen LogP contribution in [0, 0.1) is 6.92 Å². The number of phenolic OH excluding ortho intramolecular Hbond substituents is 1. The Balaban J connectivity index is 2.19. The van der Waals surface area contributed by atoms with Crippen LogP contribution in [0.5, 0.6) is 5.75 Å². The van der Waals surface area contributed by atoms with E-state index in [4.69, 9.17) is 5.73 Å². The third kappa shape index (κ3) is 2.77. The van der Waals surface area contributed by atoms with Gasteiger partial charge in [-0.1, -0.05) is 12.1 Å². The number of primary amides is 1. The van der Waals surface area contributed by atoms with Gasteiger partial charge in [0.25, 0.3) is 5.91 Å². The van der Waals surface area contributed by atoms with Crippen LogP contribution < -0.4 is 11.1 Å². The molecule has 0 saturated carbocycles. The van der Waals surface area contributed by atoms with E-state index in [2.05, 4.69) is 5.32 Å². The van der Waals surface area contributed by atoms with E-state index in [1.807, 2.05) is 0 Å². The van der Waals surface area contributed by atoms with E-state index >= 15 is 0 Å². The highest BCUT2D eigenvalue weighted by Crippen LogP contribution is 2.22. The fourth-order valence-electron chi connectivity index (χ4n) is 1.76. The lowest BCUT2D eigenvalue weighted by molar-refractivity contribution is 0.0998. The van der Waals surface area contributed by atoms with Crippen molar-refractivity contribution in [2.45, 2.75) is 6.92 Å². The highest BCUT2D eigenvalue weighted by Gasteiger charge is 2.12. The van der Waals surface area contributed by atoms with Crippen molar-refractivity contribution in [2.24, 2.45) is 5.73 Å². The zero-order valence-electron chi connectivity index (χ0n) is 10.9. The number of hydrogen-bond acceptors (Lipinski definition) is 3.